The summed E-state index contributed by atoms with van der Waals surface area (Å²) >= 11 is 0. The first-order valence-corrected chi connectivity index (χ1v) is 5.30. The first-order valence-electron chi connectivity index (χ1n) is 5.30. The van der Waals surface area contributed by atoms with Gasteiger partial charge in [0, 0.05) is 0 Å². The lowest BCUT2D eigenvalue weighted by molar-refractivity contribution is -0.137. The maximum absolute atomic E-state index is 12.3. The molecule has 0 aliphatic rings. The standard InChI is InChI=1S/C12H9F3N2O2/c13-12(14,15)9-1-3-10(4-2-9)19-11-7-16-17(8-11)5-6-18/h1-4,6-8H,5H2. The fraction of sp³-hybridized carbons (Fsp3) is 0.167. The Morgan fingerprint density at radius 2 is 1.89 bits per heavy atom. The van der Waals surface area contributed by atoms with Gasteiger partial charge in [0.05, 0.1) is 24.5 Å². The zero-order valence-corrected chi connectivity index (χ0v) is 9.59. The summed E-state index contributed by atoms with van der Waals surface area (Å²) in [5.41, 5.74) is -0.739. The van der Waals surface area contributed by atoms with Crippen LogP contribution in [0.4, 0.5) is 13.2 Å². The highest BCUT2D eigenvalue weighted by Crippen LogP contribution is 2.31. The van der Waals surface area contributed by atoms with Crippen molar-refractivity contribution in [3.8, 4) is 11.5 Å². The van der Waals surface area contributed by atoms with Gasteiger partial charge >= 0.3 is 6.18 Å². The number of aldehydes is 1. The van der Waals surface area contributed by atoms with Gasteiger partial charge in [-0.15, -0.1) is 0 Å². The number of nitrogens with zero attached hydrogens (tertiary/aromatic N) is 2. The molecule has 1 aromatic carbocycles. The Morgan fingerprint density at radius 3 is 2.47 bits per heavy atom. The highest BCUT2D eigenvalue weighted by atomic mass is 19.4. The molecule has 0 bridgehead atoms. The molecule has 0 fully saturated rings. The van der Waals surface area contributed by atoms with Crippen LogP contribution in [0.25, 0.3) is 0 Å². The van der Waals surface area contributed by atoms with Crippen molar-refractivity contribution < 1.29 is 22.7 Å². The predicted molar refractivity (Wildman–Crippen MR) is 59.8 cm³/mol. The number of ether oxygens (including phenoxy) is 1. The van der Waals surface area contributed by atoms with E-state index in [0.717, 1.165) is 12.1 Å². The Labute approximate surface area is 106 Å². The summed E-state index contributed by atoms with van der Waals surface area (Å²) in [5, 5.41) is 3.84. The van der Waals surface area contributed by atoms with E-state index in [2.05, 4.69) is 5.10 Å². The van der Waals surface area contributed by atoms with Gasteiger partial charge in [-0.05, 0) is 24.3 Å². The molecule has 2 aromatic rings. The number of hydrogen-bond acceptors (Lipinski definition) is 3. The first kappa shape index (κ1) is 13.1. The fourth-order valence-electron chi connectivity index (χ4n) is 1.42. The van der Waals surface area contributed by atoms with E-state index in [1.54, 1.807) is 0 Å². The number of benzene rings is 1. The molecule has 0 saturated carbocycles. The van der Waals surface area contributed by atoms with Crippen molar-refractivity contribution in [1.82, 2.24) is 9.78 Å². The van der Waals surface area contributed by atoms with Gasteiger partial charge < -0.3 is 9.53 Å². The third-order valence-corrected chi connectivity index (χ3v) is 2.29. The molecule has 100 valence electrons. The number of rotatable bonds is 4. The average Bonchev–Trinajstić information content (AvgIpc) is 2.77. The molecule has 7 heteroatoms. The van der Waals surface area contributed by atoms with Crippen molar-refractivity contribution in [1.29, 1.82) is 0 Å². The highest BCUT2D eigenvalue weighted by molar-refractivity contribution is 5.49. The third-order valence-electron chi connectivity index (χ3n) is 2.29. The number of carbonyl (C=O) groups excluding carboxylic acids is 1. The molecule has 0 saturated heterocycles. The van der Waals surface area contributed by atoms with Crippen LogP contribution in [0.3, 0.4) is 0 Å². The quantitative estimate of drug-likeness (QED) is 0.802. The molecule has 1 heterocycles. The molecule has 0 radical (unpaired) electrons. The Kier molecular flexibility index (Phi) is 3.55. The summed E-state index contributed by atoms with van der Waals surface area (Å²) in [6, 6.07) is 4.32. The number of alkyl halides is 3. The van der Waals surface area contributed by atoms with Crippen LogP contribution in [0.5, 0.6) is 11.5 Å². The van der Waals surface area contributed by atoms with Gasteiger partial charge in [-0.25, -0.2) is 0 Å². The lowest BCUT2D eigenvalue weighted by atomic mass is 10.2. The molecule has 0 atom stereocenters. The Bertz CT molecular complexity index is 561. The van der Waals surface area contributed by atoms with Crippen LogP contribution in [-0.2, 0) is 17.5 Å². The summed E-state index contributed by atoms with van der Waals surface area (Å²) < 4.78 is 43.7. The second kappa shape index (κ2) is 5.13. The van der Waals surface area contributed by atoms with Gasteiger partial charge in [0.25, 0.3) is 0 Å². The molecular weight excluding hydrogens is 261 g/mol. The molecule has 0 amide bonds. The van der Waals surface area contributed by atoms with Crippen LogP contribution in [0.2, 0.25) is 0 Å². The van der Waals surface area contributed by atoms with E-state index in [9.17, 15) is 18.0 Å². The van der Waals surface area contributed by atoms with E-state index in [4.69, 9.17) is 4.74 Å². The highest BCUT2D eigenvalue weighted by Gasteiger charge is 2.30. The second-order valence-corrected chi connectivity index (χ2v) is 3.69. The smallest absolute Gasteiger partial charge is 0.416 e. The van der Waals surface area contributed by atoms with Gasteiger partial charge in [-0.3, -0.25) is 4.68 Å². The van der Waals surface area contributed by atoms with Gasteiger partial charge in [0.15, 0.2) is 5.75 Å². The van der Waals surface area contributed by atoms with Crippen molar-refractivity contribution in [3.63, 3.8) is 0 Å². The number of halogens is 3. The van der Waals surface area contributed by atoms with Crippen LogP contribution in [0, 0.1) is 0 Å². The van der Waals surface area contributed by atoms with E-state index in [0.29, 0.717) is 12.0 Å². The van der Waals surface area contributed by atoms with E-state index in [1.165, 1.54) is 29.2 Å². The summed E-state index contributed by atoms with van der Waals surface area (Å²) in [7, 11) is 0. The number of aromatic nitrogens is 2. The van der Waals surface area contributed by atoms with Crippen molar-refractivity contribution in [2.45, 2.75) is 12.7 Å². The monoisotopic (exact) mass is 270 g/mol. The average molecular weight is 270 g/mol. The number of carbonyl (C=O) groups is 1. The zero-order valence-electron chi connectivity index (χ0n) is 9.59. The Balaban J connectivity index is 2.08. The van der Waals surface area contributed by atoms with Crippen molar-refractivity contribution in [2.24, 2.45) is 0 Å². The topological polar surface area (TPSA) is 44.1 Å². The van der Waals surface area contributed by atoms with Gasteiger partial charge in [0.1, 0.15) is 12.0 Å². The first-order chi connectivity index (χ1) is 8.99. The van der Waals surface area contributed by atoms with Crippen molar-refractivity contribution >= 4 is 6.29 Å². The van der Waals surface area contributed by atoms with Gasteiger partial charge in [-0.2, -0.15) is 18.3 Å². The summed E-state index contributed by atoms with van der Waals surface area (Å²) in [6.07, 6.45) is -0.838. The Hall–Kier alpha value is -2.31. The molecule has 19 heavy (non-hydrogen) atoms. The van der Waals surface area contributed by atoms with Gasteiger partial charge in [-0.1, -0.05) is 0 Å². The van der Waals surface area contributed by atoms with Crippen LogP contribution >= 0.6 is 0 Å². The minimum atomic E-state index is -4.37. The molecule has 0 aliphatic carbocycles. The van der Waals surface area contributed by atoms with E-state index in [-0.39, 0.29) is 12.3 Å². The molecule has 1 aromatic heterocycles. The summed E-state index contributed by atoms with van der Waals surface area (Å²) in [4.78, 5) is 10.3. The maximum Gasteiger partial charge on any atom is 0.416 e. The third kappa shape index (κ3) is 3.34. The van der Waals surface area contributed by atoms with Crippen molar-refractivity contribution in [2.75, 3.05) is 0 Å². The van der Waals surface area contributed by atoms with Crippen LogP contribution in [0.15, 0.2) is 36.7 Å². The predicted octanol–water partition coefficient (Wildman–Crippen LogP) is 2.89. The lowest BCUT2D eigenvalue weighted by Gasteiger charge is -2.07. The summed E-state index contributed by atoms with van der Waals surface area (Å²) in [5.74, 6) is 0.611. The van der Waals surface area contributed by atoms with Crippen LogP contribution < -0.4 is 4.74 Å². The maximum atomic E-state index is 12.3. The molecule has 4 nitrogen and oxygen atoms in total. The molecular formula is C12H9F3N2O2. The largest absolute Gasteiger partial charge is 0.454 e. The normalized spacial score (nSPS) is 11.3. The molecule has 0 aliphatic heterocycles. The van der Waals surface area contributed by atoms with E-state index < -0.39 is 11.7 Å². The minimum Gasteiger partial charge on any atom is -0.454 e. The lowest BCUT2D eigenvalue weighted by Crippen LogP contribution is -2.03. The molecule has 2 rings (SSSR count). The zero-order chi connectivity index (χ0) is 13.9. The van der Waals surface area contributed by atoms with Crippen LogP contribution in [-0.4, -0.2) is 16.1 Å². The number of hydrogen-bond donors (Lipinski definition) is 0. The fourth-order valence-corrected chi connectivity index (χ4v) is 1.42. The second-order valence-electron chi connectivity index (χ2n) is 3.69. The van der Waals surface area contributed by atoms with Gasteiger partial charge in [0.2, 0.25) is 0 Å². The van der Waals surface area contributed by atoms with E-state index in [1.807, 2.05) is 0 Å². The molecule has 0 unspecified atom stereocenters. The Morgan fingerprint density at radius 1 is 1.21 bits per heavy atom. The minimum absolute atomic E-state index is 0.0936. The molecule has 0 spiro atoms. The summed E-state index contributed by atoms with van der Waals surface area (Å²) in [6.45, 7) is 0.0936. The SMILES string of the molecule is O=CCn1cc(Oc2ccc(C(F)(F)F)cc2)cn1. The van der Waals surface area contributed by atoms with E-state index >= 15 is 0 Å². The van der Waals surface area contributed by atoms with Crippen LogP contribution in [0.1, 0.15) is 5.56 Å². The molecule has 0 N–H and O–H groups in total. The van der Waals surface area contributed by atoms with Crippen molar-refractivity contribution in [3.05, 3.63) is 42.2 Å².